The zero-order valence-electron chi connectivity index (χ0n) is 13.9. The molecule has 1 aromatic rings. The van der Waals surface area contributed by atoms with Gasteiger partial charge < -0.3 is 10.4 Å². The predicted octanol–water partition coefficient (Wildman–Crippen LogP) is 4.14. The Morgan fingerprint density at radius 3 is 2.36 bits per heavy atom. The number of benzene rings is 1. The molecule has 3 heteroatoms. The Bertz CT molecular complexity index is 647. The molecule has 1 aliphatic heterocycles. The minimum absolute atomic E-state index is 0.154. The number of aryl methyl sites for hydroxylation is 2. The molecule has 1 atom stereocenters. The summed E-state index contributed by atoms with van der Waals surface area (Å²) in [5.41, 5.74) is 4.27. The quantitative estimate of drug-likeness (QED) is 0.878. The molecule has 0 aromatic heterocycles. The first-order valence-corrected chi connectivity index (χ1v) is 8.25. The molecule has 2 aliphatic rings. The minimum atomic E-state index is -0.630. The third-order valence-electron chi connectivity index (χ3n) is 4.98. The molecule has 0 spiro atoms. The fourth-order valence-electron chi connectivity index (χ4n) is 3.71. The van der Waals surface area contributed by atoms with Crippen molar-refractivity contribution in [2.24, 2.45) is 0 Å². The number of carbonyl (C=O) groups is 1. The van der Waals surface area contributed by atoms with E-state index in [9.17, 15) is 9.90 Å². The number of amides is 1. The Labute approximate surface area is 132 Å². The van der Waals surface area contributed by atoms with E-state index in [0.717, 1.165) is 29.5 Å². The molecular weight excluding hydrogens is 274 g/mol. The van der Waals surface area contributed by atoms with Gasteiger partial charge in [0.25, 0.3) is 5.91 Å². The van der Waals surface area contributed by atoms with Crippen molar-refractivity contribution in [2.45, 2.75) is 64.8 Å². The molecule has 1 unspecified atom stereocenters. The predicted molar refractivity (Wildman–Crippen MR) is 88.9 cm³/mol. The molecule has 118 valence electrons. The summed E-state index contributed by atoms with van der Waals surface area (Å²) in [7, 11) is 0. The van der Waals surface area contributed by atoms with Crippen LogP contribution in [0.4, 0.5) is 0 Å². The van der Waals surface area contributed by atoms with E-state index >= 15 is 0 Å². The lowest BCUT2D eigenvalue weighted by molar-refractivity contribution is -0.116. The Balaban J connectivity index is 2.10. The van der Waals surface area contributed by atoms with Crippen molar-refractivity contribution < 1.29 is 9.90 Å². The maximum Gasteiger partial charge on any atom is 0.256 e. The van der Waals surface area contributed by atoms with Crippen LogP contribution in [0.2, 0.25) is 0 Å². The normalized spacial score (nSPS) is 24.8. The summed E-state index contributed by atoms with van der Waals surface area (Å²) in [6.07, 6.45) is 4.18. The van der Waals surface area contributed by atoms with E-state index in [1.807, 2.05) is 20.8 Å². The highest BCUT2D eigenvalue weighted by Gasteiger charge is 2.42. The van der Waals surface area contributed by atoms with E-state index in [0.29, 0.717) is 11.5 Å². The summed E-state index contributed by atoms with van der Waals surface area (Å²) in [6.45, 7) is 8.04. The van der Waals surface area contributed by atoms with E-state index in [-0.39, 0.29) is 11.7 Å². The first-order chi connectivity index (χ1) is 10.4. The molecule has 0 bridgehead atoms. The number of aliphatic hydroxyl groups is 1. The second-order valence-corrected chi connectivity index (χ2v) is 7.06. The molecule has 1 amide bonds. The Hall–Kier alpha value is -1.77. The molecule has 1 aliphatic carbocycles. The Morgan fingerprint density at radius 2 is 1.86 bits per heavy atom. The standard InChI is InChI=1S/C19H25NO2/c1-5-8-19(4)17(21)16(18(22)20-19)15-11(2)9-14(10-12(15)3)13-6-7-13/h9-10,13,21H,5-8H2,1-4H3,(H,20,22). The Morgan fingerprint density at radius 1 is 1.27 bits per heavy atom. The first-order valence-electron chi connectivity index (χ1n) is 8.25. The summed E-state index contributed by atoms with van der Waals surface area (Å²) in [5.74, 6) is 0.736. The molecule has 1 aromatic carbocycles. The molecule has 22 heavy (non-hydrogen) atoms. The first kappa shape index (κ1) is 15.1. The number of hydrogen-bond acceptors (Lipinski definition) is 2. The molecular formula is C19H25NO2. The monoisotopic (exact) mass is 299 g/mol. The van der Waals surface area contributed by atoms with Gasteiger partial charge in [0.15, 0.2) is 0 Å². The highest BCUT2D eigenvalue weighted by molar-refractivity contribution is 6.23. The summed E-state index contributed by atoms with van der Waals surface area (Å²) in [5, 5.41) is 13.7. The van der Waals surface area contributed by atoms with Crippen LogP contribution in [0.1, 0.15) is 67.7 Å². The molecule has 3 rings (SSSR count). The van der Waals surface area contributed by atoms with Gasteiger partial charge in [-0.3, -0.25) is 4.79 Å². The van der Waals surface area contributed by atoms with Crippen molar-refractivity contribution in [1.82, 2.24) is 5.32 Å². The largest absolute Gasteiger partial charge is 0.509 e. The lowest BCUT2D eigenvalue weighted by Crippen LogP contribution is -2.41. The van der Waals surface area contributed by atoms with E-state index in [1.54, 1.807) is 0 Å². The van der Waals surface area contributed by atoms with E-state index in [1.165, 1.54) is 18.4 Å². The van der Waals surface area contributed by atoms with Gasteiger partial charge in [0.05, 0.1) is 11.1 Å². The van der Waals surface area contributed by atoms with Crippen molar-refractivity contribution >= 4 is 11.5 Å². The van der Waals surface area contributed by atoms with Gasteiger partial charge in [-0.1, -0.05) is 25.5 Å². The second-order valence-electron chi connectivity index (χ2n) is 7.06. The highest BCUT2D eigenvalue weighted by Crippen LogP contribution is 2.43. The maximum atomic E-state index is 12.5. The number of carbonyl (C=O) groups excluding carboxylic acids is 1. The minimum Gasteiger partial charge on any atom is -0.509 e. The molecule has 1 saturated carbocycles. The molecule has 0 saturated heterocycles. The molecule has 3 nitrogen and oxygen atoms in total. The van der Waals surface area contributed by atoms with Crippen LogP contribution in [0.15, 0.2) is 17.9 Å². The van der Waals surface area contributed by atoms with Crippen molar-refractivity contribution in [3.05, 3.63) is 40.1 Å². The van der Waals surface area contributed by atoms with Crippen molar-refractivity contribution in [3.8, 4) is 0 Å². The lowest BCUT2D eigenvalue weighted by Gasteiger charge is -2.23. The van der Waals surface area contributed by atoms with Crippen LogP contribution >= 0.6 is 0 Å². The van der Waals surface area contributed by atoms with E-state index in [4.69, 9.17) is 0 Å². The fourth-order valence-corrected chi connectivity index (χ4v) is 3.71. The van der Waals surface area contributed by atoms with Gasteiger partial charge in [0, 0.05) is 0 Å². The van der Waals surface area contributed by atoms with Crippen molar-refractivity contribution in [1.29, 1.82) is 0 Å². The van der Waals surface area contributed by atoms with Crippen LogP contribution in [0.5, 0.6) is 0 Å². The lowest BCUT2D eigenvalue weighted by atomic mass is 9.89. The van der Waals surface area contributed by atoms with Gasteiger partial charge in [-0.25, -0.2) is 0 Å². The number of hydrogen-bond donors (Lipinski definition) is 2. The second kappa shape index (κ2) is 5.15. The van der Waals surface area contributed by atoms with Crippen LogP contribution in [0, 0.1) is 13.8 Å². The van der Waals surface area contributed by atoms with Crippen LogP contribution < -0.4 is 5.32 Å². The zero-order chi connectivity index (χ0) is 16.1. The number of nitrogens with one attached hydrogen (secondary N) is 1. The van der Waals surface area contributed by atoms with Crippen LogP contribution in [-0.2, 0) is 4.79 Å². The molecule has 1 heterocycles. The van der Waals surface area contributed by atoms with Gasteiger partial charge in [-0.15, -0.1) is 0 Å². The van der Waals surface area contributed by atoms with Gasteiger partial charge >= 0.3 is 0 Å². The van der Waals surface area contributed by atoms with Gasteiger partial charge in [-0.2, -0.15) is 0 Å². The van der Waals surface area contributed by atoms with Crippen LogP contribution in [-0.4, -0.2) is 16.6 Å². The zero-order valence-corrected chi connectivity index (χ0v) is 13.9. The third kappa shape index (κ3) is 2.33. The van der Waals surface area contributed by atoms with Crippen molar-refractivity contribution in [2.75, 3.05) is 0 Å². The number of aliphatic hydroxyl groups excluding tert-OH is 1. The number of rotatable bonds is 4. The molecule has 1 fully saturated rings. The van der Waals surface area contributed by atoms with Gasteiger partial charge in [0.1, 0.15) is 5.76 Å². The SMILES string of the molecule is CCCC1(C)NC(=O)C(c2c(C)cc(C3CC3)cc2C)=C1O. The summed E-state index contributed by atoms with van der Waals surface area (Å²) < 4.78 is 0. The van der Waals surface area contributed by atoms with Crippen LogP contribution in [0.25, 0.3) is 5.57 Å². The van der Waals surface area contributed by atoms with Crippen LogP contribution in [0.3, 0.4) is 0 Å². The average molecular weight is 299 g/mol. The van der Waals surface area contributed by atoms with E-state index < -0.39 is 5.54 Å². The average Bonchev–Trinajstić information content (AvgIpc) is 3.23. The third-order valence-corrected chi connectivity index (χ3v) is 4.98. The Kier molecular flexibility index (Phi) is 3.54. The maximum absolute atomic E-state index is 12.5. The molecule has 0 radical (unpaired) electrons. The summed E-state index contributed by atoms with van der Waals surface area (Å²) in [6, 6.07) is 4.37. The summed E-state index contributed by atoms with van der Waals surface area (Å²) >= 11 is 0. The fraction of sp³-hybridized carbons (Fsp3) is 0.526. The van der Waals surface area contributed by atoms with Gasteiger partial charge in [0.2, 0.25) is 0 Å². The smallest absolute Gasteiger partial charge is 0.256 e. The van der Waals surface area contributed by atoms with Gasteiger partial charge in [-0.05, 0) is 68.2 Å². The van der Waals surface area contributed by atoms with E-state index in [2.05, 4.69) is 24.4 Å². The summed E-state index contributed by atoms with van der Waals surface area (Å²) in [4.78, 5) is 12.5. The van der Waals surface area contributed by atoms with Crippen molar-refractivity contribution in [3.63, 3.8) is 0 Å². The topological polar surface area (TPSA) is 49.3 Å². The highest BCUT2D eigenvalue weighted by atomic mass is 16.3. The molecule has 2 N–H and O–H groups in total.